The summed E-state index contributed by atoms with van der Waals surface area (Å²) in [5, 5.41) is 20.7. The molecule has 0 aliphatic heterocycles. The Balaban J connectivity index is 2.22. The zero-order chi connectivity index (χ0) is 15.2. The van der Waals surface area contributed by atoms with Gasteiger partial charge in [-0.3, -0.25) is 0 Å². The van der Waals surface area contributed by atoms with Gasteiger partial charge < -0.3 is 9.94 Å². The summed E-state index contributed by atoms with van der Waals surface area (Å²) < 4.78 is 18.9. The van der Waals surface area contributed by atoms with Crippen LogP contribution in [0.2, 0.25) is 0 Å². The first-order valence-electron chi connectivity index (χ1n) is 6.10. The van der Waals surface area contributed by atoms with Crippen molar-refractivity contribution < 1.29 is 14.3 Å². The summed E-state index contributed by atoms with van der Waals surface area (Å²) in [6, 6.07) is 9.23. The van der Waals surface area contributed by atoms with Crippen LogP contribution in [-0.4, -0.2) is 15.9 Å². The van der Waals surface area contributed by atoms with Crippen molar-refractivity contribution in [1.82, 2.24) is 4.98 Å². The summed E-state index contributed by atoms with van der Waals surface area (Å²) in [5.41, 5.74) is 1.67. The van der Waals surface area contributed by atoms with Gasteiger partial charge in [-0.05, 0) is 42.8 Å². The number of oxime groups is 1. The van der Waals surface area contributed by atoms with E-state index in [1.165, 1.54) is 24.4 Å². The SMILES string of the molecule is C/C(=N/O)c1cc(F)ccc1OCc1ccnc(C#N)c1. The highest BCUT2D eigenvalue weighted by molar-refractivity contribution is 6.00. The van der Waals surface area contributed by atoms with Crippen LogP contribution in [0.25, 0.3) is 0 Å². The Hall–Kier alpha value is -2.94. The van der Waals surface area contributed by atoms with E-state index < -0.39 is 5.82 Å². The maximum atomic E-state index is 13.3. The maximum absolute atomic E-state index is 13.3. The van der Waals surface area contributed by atoms with Gasteiger partial charge in [-0.2, -0.15) is 5.26 Å². The Labute approximate surface area is 120 Å². The second kappa shape index (κ2) is 6.48. The summed E-state index contributed by atoms with van der Waals surface area (Å²) in [5.74, 6) is -0.0574. The van der Waals surface area contributed by atoms with Gasteiger partial charge in [0.25, 0.3) is 0 Å². The molecule has 0 saturated heterocycles. The van der Waals surface area contributed by atoms with Crippen LogP contribution < -0.4 is 4.74 Å². The van der Waals surface area contributed by atoms with E-state index in [1.807, 2.05) is 6.07 Å². The van der Waals surface area contributed by atoms with Gasteiger partial charge >= 0.3 is 0 Å². The van der Waals surface area contributed by atoms with Crippen LogP contribution in [0.1, 0.15) is 23.7 Å². The van der Waals surface area contributed by atoms with Crippen LogP contribution in [0.5, 0.6) is 5.75 Å². The molecule has 1 aromatic carbocycles. The number of pyridine rings is 1. The smallest absolute Gasteiger partial charge is 0.140 e. The lowest BCUT2D eigenvalue weighted by Crippen LogP contribution is -2.03. The highest BCUT2D eigenvalue weighted by Crippen LogP contribution is 2.22. The topological polar surface area (TPSA) is 78.5 Å². The fraction of sp³-hybridized carbons (Fsp3) is 0.133. The van der Waals surface area contributed by atoms with Crippen molar-refractivity contribution in [2.75, 3.05) is 0 Å². The van der Waals surface area contributed by atoms with Gasteiger partial charge in [0.05, 0.1) is 5.71 Å². The van der Waals surface area contributed by atoms with Crippen molar-refractivity contribution in [3.8, 4) is 11.8 Å². The molecule has 0 amide bonds. The summed E-state index contributed by atoms with van der Waals surface area (Å²) in [4.78, 5) is 3.87. The monoisotopic (exact) mass is 285 g/mol. The lowest BCUT2D eigenvalue weighted by atomic mass is 10.1. The fourth-order valence-corrected chi connectivity index (χ4v) is 1.75. The molecule has 0 atom stereocenters. The van der Waals surface area contributed by atoms with Gasteiger partial charge in [-0.1, -0.05) is 5.16 Å². The molecule has 5 nitrogen and oxygen atoms in total. The molecule has 0 fully saturated rings. The number of hydrogen-bond donors (Lipinski definition) is 1. The minimum Gasteiger partial charge on any atom is -0.488 e. The molecule has 6 heteroatoms. The van der Waals surface area contributed by atoms with Gasteiger partial charge in [-0.25, -0.2) is 9.37 Å². The molecule has 21 heavy (non-hydrogen) atoms. The lowest BCUT2D eigenvalue weighted by molar-refractivity contribution is 0.302. The number of nitriles is 1. The van der Waals surface area contributed by atoms with E-state index >= 15 is 0 Å². The Morgan fingerprint density at radius 3 is 2.95 bits per heavy atom. The average molecular weight is 285 g/mol. The van der Waals surface area contributed by atoms with Crippen molar-refractivity contribution >= 4 is 5.71 Å². The molecule has 1 heterocycles. The minimum atomic E-state index is -0.448. The molecule has 106 valence electrons. The molecule has 2 rings (SSSR count). The molecule has 0 saturated carbocycles. The van der Waals surface area contributed by atoms with Gasteiger partial charge in [0, 0.05) is 11.8 Å². The third kappa shape index (κ3) is 3.54. The number of benzene rings is 1. The summed E-state index contributed by atoms with van der Waals surface area (Å²) >= 11 is 0. The van der Waals surface area contributed by atoms with E-state index in [2.05, 4.69) is 10.1 Å². The zero-order valence-corrected chi connectivity index (χ0v) is 11.2. The second-order valence-corrected chi connectivity index (χ2v) is 4.28. The Morgan fingerprint density at radius 2 is 2.24 bits per heavy atom. The van der Waals surface area contributed by atoms with Gasteiger partial charge in [0.15, 0.2) is 0 Å². The highest BCUT2D eigenvalue weighted by atomic mass is 19.1. The molecule has 0 bridgehead atoms. The van der Waals surface area contributed by atoms with Gasteiger partial charge in [0.2, 0.25) is 0 Å². The molecule has 0 aliphatic rings. The number of nitrogens with zero attached hydrogens (tertiary/aromatic N) is 3. The first-order valence-corrected chi connectivity index (χ1v) is 6.10. The second-order valence-electron chi connectivity index (χ2n) is 4.28. The van der Waals surface area contributed by atoms with E-state index in [0.29, 0.717) is 17.0 Å². The summed E-state index contributed by atoms with van der Waals surface area (Å²) in [6.07, 6.45) is 1.52. The van der Waals surface area contributed by atoms with Crippen molar-refractivity contribution in [3.63, 3.8) is 0 Å². The van der Waals surface area contributed by atoms with Gasteiger partial charge in [-0.15, -0.1) is 0 Å². The predicted molar refractivity (Wildman–Crippen MR) is 73.7 cm³/mol. The van der Waals surface area contributed by atoms with Crippen molar-refractivity contribution in [1.29, 1.82) is 5.26 Å². The van der Waals surface area contributed by atoms with Crippen LogP contribution >= 0.6 is 0 Å². The minimum absolute atomic E-state index is 0.189. The van der Waals surface area contributed by atoms with Crippen LogP contribution in [0.4, 0.5) is 4.39 Å². The first kappa shape index (κ1) is 14.5. The summed E-state index contributed by atoms with van der Waals surface area (Å²) in [7, 11) is 0. The number of rotatable bonds is 4. The molecule has 1 N–H and O–H groups in total. The predicted octanol–water partition coefficient (Wildman–Crippen LogP) is 2.87. The van der Waals surface area contributed by atoms with E-state index in [1.54, 1.807) is 19.1 Å². The molecule has 0 radical (unpaired) electrons. The third-order valence-corrected chi connectivity index (χ3v) is 2.81. The fourth-order valence-electron chi connectivity index (χ4n) is 1.75. The Bertz CT molecular complexity index is 723. The van der Waals surface area contributed by atoms with Crippen LogP contribution in [-0.2, 0) is 6.61 Å². The van der Waals surface area contributed by atoms with E-state index in [9.17, 15) is 4.39 Å². The molecule has 0 aliphatic carbocycles. The van der Waals surface area contributed by atoms with E-state index in [-0.39, 0.29) is 12.3 Å². The molecule has 2 aromatic rings. The number of halogens is 1. The van der Waals surface area contributed by atoms with Gasteiger partial charge in [0.1, 0.15) is 29.9 Å². The summed E-state index contributed by atoms with van der Waals surface area (Å²) in [6.45, 7) is 1.73. The maximum Gasteiger partial charge on any atom is 0.140 e. The largest absolute Gasteiger partial charge is 0.488 e. The highest BCUT2D eigenvalue weighted by Gasteiger charge is 2.09. The number of hydrogen-bond acceptors (Lipinski definition) is 5. The number of ether oxygens (including phenoxy) is 1. The van der Waals surface area contributed by atoms with Crippen LogP contribution in [0.15, 0.2) is 41.7 Å². The standard InChI is InChI=1S/C15H12FN3O2/c1-10(19-20)14-7-12(16)2-3-15(14)21-9-11-4-5-18-13(6-11)8-17/h2-7,20H,9H2,1H3/b19-10-. The normalized spacial score (nSPS) is 11.0. The molecule has 0 spiro atoms. The molecule has 1 aromatic heterocycles. The van der Waals surface area contributed by atoms with E-state index in [4.69, 9.17) is 15.2 Å². The third-order valence-electron chi connectivity index (χ3n) is 2.81. The number of aromatic nitrogens is 1. The molecule has 0 unspecified atom stereocenters. The Kier molecular flexibility index (Phi) is 4.46. The van der Waals surface area contributed by atoms with Crippen LogP contribution in [0.3, 0.4) is 0 Å². The lowest BCUT2D eigenvalue weighted by Gasteiger charge is -2.11. The van der Waals surface area contributed by atoms with Crippen molar-refractivity contribution in [2.24, 2.45) is 5.16 Å². The van der Waals surface area contributed by atoms with Crippen molar-refractivity contribution in [3.05, 3.63) is 59.2 Å². The van der Waals surface area contributed by atoms with Crippen LogP contribution in [0, 0.1) is 17.1 Å². The average Bonchev–Trinajstić information content (AvgIpc) is 2.53. The Morgan fingerprint density at radius 1 is 1.43 bits per heavy atom. The molecular formula is C15H12FN3O2. The molecular weight excluding hydrogens is 273 g/mol. The zero-order valence-electron chi connectivity index (χ0n) is 11.2. The van der Waals surface area contributed by atoms with Crippen molar-refractivity contribution in [2.45, 2.75) is 13.5 Å². The quantitative estimate of drug-likeness (QED) is 0.532. The first-order chi connectivity index (χ1) is 10.1. The van der Waals surface area contributed by atoms with E-state index in [0.717, 1.165) is 5.56 Å².